The van der Waals surface area contributed by atoms with Crippen LogP contribution < -0.4 is 16.6 Å². The number of anilines is 1. The zero-order chi connectivity index (χ0) is 34.3. The van der Waals surface area contributed by atoms with E-state index in [9.17, 15) is 14.7 Å². The molecule has 3 aromatic heterocycles. The maximum absolute atomic E-state index is 14.4. The van der Waals surface area contributed by atoms with E-state index in [1.54, 1.807) is 64.9 Å². The molecule has 1 amide bonds. The molecule has 0 bridgehead atoms. The number of carbonyl (C=O) groups excluding carboxylic acids is 1. The molecular weight excluding hydrogens is 644 g/mol. The molecule has 0 radical (unpaired) electrons. The number of methoxy groups -OCH3 is 1. The average molecular weight is 677 g/mol. The lowest BCUT2D eigenvalue weighted by molar-refractivity contribution is -0.121. The van der Waals surface area contributed by atoms with E-state index in [-0.39, 0.29) is 36.1 Å². The minimum atomic E-state index is -0.291. The highest BCUT2D eigenvalue weighted by molar-refractivity contribution is 6.31. The number of aromatic nitrogens is 6. The molecule has 49 heavy (non-hydrogen) atoms. The van der Waals surface area contributed by atoms with Gasteiger partial charge in [0.25, 0.3) is 5.56 Å². The summed E-state index contributed by atoms with van der Waals surface area (Å²) in [5.41, 5.74) is 9.31. The average Bonchev–Trinajstić information content (AvgIpc) is 3.46. The smallest absolute Gasteiger partial charge is 0.263 e. The number of phenolic OH excluding ortho intramolecular Hbond substituents is 1. The Bertz CT molecular complexity index is 2290. The molecule has 3 aromatic carbocycles. The molecule has 0 aliphatic carbocycles. The second-order valence-corrected chi connectivity index (χ2v) is 11.6. The van der Waals surface area contributed by atoms with Gasteiger partial charge in [0.05, 0.1) is 29.4 Å². The largest absolute Gasteiger partial charge is 0.508 e. The standard InChI is InChI=1S/C36H33ClN8O4/c1-49-18-17-39-30(47)16-4-2-3-9-23-11-8-15-28-31(23)36(48)44(20-25-10-5-6-14-27(25)37)29(42-28)21-45-35-32(34(38)40-22-41-35)33(43-45)24-12-7-13-26(46)19-24/h5-8,10-15,19,22,46H,2,4,16-18,20-21H2,1H3,(H,39,47)(H2,38,40,41). The predicted octanol–water partition coefficient (Wildman–Crippen LogP) is 4.53. The van der Waals surface area contributed by atoms with E-state index in [4.69, 9.17) is 32.2 Å². The van der Waals surface area contributed by atoms with Gasteiger partial charge in [0.2, 0.25) is 5.91 Å². The molecule has 0 fully saturated rings. The highest BCUT2D eigenvalue weighted by Gasteiger charge is 2.21. The third kappa shape index (κ3) is 7.38. The molecule has 6 rings (SSSR count). The molecule has 3 heterocycles. The van der Waals surface area contributed by atoms with Crippen LogP contribution in [0.2, 0.25) is 5.02 Å². The summed E-state index contributed by atoms with van der Waals surface area (Å²) < 4.78 is 8.16. The fraction of sp³-hybridized carbons (Fsp3) is 0.222. The van der Waals surface area contributed by atoms with Crippen molar-refractivity contribution in [3.8, 4) is 28.8 Å². The van der Waals surface area contributed by atoms with Crippen molar-refractivity contribution in [2.45, 2.75) is 32.4 Å². The van der Waals surface area contributed by atoms with E-state index in [2.05, 4.69) is 27.1 Å². The lowest BCUT2D eigenvalue weighted by atomic mass is 10.1. The van der Waals surface area contributed by atoms with Crippen LogP contribution in [0.15, 0.2) is 77.9 Å². The number of fused-ring (bicyclic) bond motifs is 2. The number of amides is 1. The topological polar surface area (TPSA) is 163 Å². The number of hydrogen-bond acceptors (Lipinski definition) is 9. The Balaban J connectivity index is 1.40. The summed E-state index contributed by atoms with van der Waals surface area (Å²) >= 11 is 6.56. The maximum Gasteiger partial charge on any atom is 0.263 e. The highest BCUT2D eigenvalue weighted by atomic mass is 35.5. The third-order valence-corrected chi connectivity index (χ3v) is 8.24. The fourth-order valence-electron chi connectivity index (χ4n) is 5.50. The number of benzene rings is 3. The first kappa shape index (κ1) is 33.1. The molecule has 0 saturated carbocycles. The number of nitrogens with zero attached hydrogens (tertiary/aromatic N) is 6. The molecule has 13 heteroatoms. The third-order valence-electron chi connectivity index (χ3n) is 7.88. The highest BCUT2D eigenvalue weighted by Crippen LogP contribution is 2.32. The van der Waals surface area contributed by atoms with E-state index >= 15 is 0 Å². The van der Waals surface area contributed by atoms with Crippen molar-refractivity contribution in [2.75, 3.05) is 26.0 Å². The predicted molar refractivity (Wildman–Crippen MR) is 188 cm³/mol. The number of nitrogens with one attached hydrogen (secondary N) is 1. The van der Waals surface area contributed by atoms with Crippen molar-refractivity contribution >= 4 is 45.3 Å². The van der Waals surface area contributed by atoms with Crippen molar-refractivity contribution in [3.63, 3.8) is 0 Å². The molecule has 0 aliphatic rings. The lowest BCUT2D eigenvalue weighted by Gasteiger charge is -2.15. The van der Waals surface area contributed by atoms with Gasteiger partial charge in [0.1, 0.15) is 36.0 Å². The van der Waals surface area contributed by atoms with Gasteiger partial charge in [-0.1, -0.05) is 59.8 Å². The number of unbranched alkanes of at least 4 members (excludes halogenated alkanes) is 1. The number of nitrogen functional groups attached to an aromatic ring is 1. The Morgan fingerprint density at radius 3 is 2.71 bits per heavy atom. The SMILES string of the molecule is COCCNC(=O)CCCC#Cc1cccc2nc(Cn3nc(-c4cccc(O)c4)c4c(N)ncnc43)n(Cc3ccccc3Cl)c(=O)c12. The van der Waals surface area contributed by atoms with Crippen LogP contribution in [0.25, 0.3) is 33.2 Å². The molecule has 0 unspecified atom stereocenters. The number of halogens is 1. The number of hydrogen-bond donors (Lipinski definition) is 3. The van der Waals surface area contributed by atoms with Crippen molar-refractivity contribution in [1.29, 1.82) is 0 Å². The van der Waals surface area contributed by atoms with Crippen LogP contribution in [0.3, 0.4) is 0 Å². The van der Waals surface area contributed by atoms with Crippen molar-refractivity contribution in [1.82, 2.24) is 34.6 Å². The van der Waals surface area contributed by atoms with E-state index in [1.165, 1.54) is 6.33 Å². The van der Waals surface area contributed by atoms with Gasteiger partial charge in [-0.05, 0) is 42.3 Å². The van der Waals surface area contributed by atoms with Crippen LogP contribution in [-0.4, -0.2) is 60.6 Å². The van der Waals surface area contributed by atoms with Gasteiger partial charge in [-0.3, -0.25) is 14.2 Å². The Kier molecular flexibility index (Phi) is 10.1. The van der Waals surface area contributed by atoms with Crippen LogP contribution in [0.4, 0.5) is 5.82 Å². The minimum absolute atomic E-state index is 0.0589. The molecule has 0 saturated heterocycles. The van der Waals surface area contributed by atoms with E-state index in [0.29, 0.717) is 82.0 Å². The molecule has 0 aliphatic heterocycles. The van der Waals surface area contributed by atoms with Crippen LogP contribution in [0, 0.1) is 11.8 Å². The van der Waals surface area contributed by atoms with E-state index < -0.39 is 0 Å². The monoisotopic (exact) mass is 676 g/mol. The molecule has 12 nitrogen and oxygen atoms in total. The number of aromatic hydroxyl groups is 1. The van der Waals surface area contributed by atoms with Gasteiger partial charge >= 0.3 is 0 Å². The normalized spacial score (nSPS) is 11.1. The van der Waals surface area contributed by atoms with Crippen LogP contribution in [0.1, 0.15) is 36.2 Å². The summed E-state index contributed by atoms with van der Waals surface area (Å²) in [6.45, 7) is 1.12. The lowest BCUT2D eigenvalue weighted by Crippen LogP contribution is -2.28. The molecule has 248 valence electrons. The van der Waals surface area contributed by atoms with Gasteiger partial charge < -0.3 is 20.9 Å². The number of phenols is 1. The number of nitrogens with two attached hydrogens (primary N) is 1. The van der Waals surface area contributed by atoms with Gasteiger partial charge in [0, 0.05) is 42.6 Å². The quantitative estimate of drug-likeness (QED) is 0.132. The molecule has 4 N–H and O–H groups in total. The van der Waals surface area contributed by atoms with Gasteiger partial charge in [0.15, 0.2) is 5.65 Å². The first-order valence-corrected chi connectivity index (χ1v) is 16.0. The summed E-state index contributed by atoms with van der Waals surface area (Å²) in [6.07, 6.45) is 2.75. The Hall–Kier alpha value is -5.77. The van der Waals surface area contributed by atoms with Crippen molar-refractivity contribution in [3.05, 3.63) is 105 Å². The summed E-state index contributed by atoms with van der Waals surface area (Å²) in [4.78, 5) is 40.0. The van der Waals surface area contributed by atoms with Gasteiger partial charge in [-0.2, -0.15) is 5.10 Å². The number of ether oxygens (including phenoxy) is 1. The Morgan fingerprint density at radius 2 is 1.90 bits per heavy atom. The Morgan fingerprint density at radius 1 is 1.06 bits per heavy atom. The van der Waals surface area contributed by atoms with Crippen LogP contribution in [-0.2, 0) is 22.6 Å². The Labute approximate surface area is 286 Å². The summed E-state index contributed by atoms with van der Waals surface area (Å²) in [5, 5.41) is 19.2. The summed E-state index contributed by atoms with van der Waals surface area (Å²) in [5.74, 6) is 6.89. The molecule has 0 spiro atoms. The number of rotatable bonds is 11. The molecule has 6 aromatic rings. The van der Waals surface area contributed by atoms with E-state index in [0.717, 1.165) is 5.56 Å². The first-order chi connectivity index (χ1) is 23.8. The summed E-state index contributed by atoms with van der Waals surface area (Å²) in [7, 11) is 1.58. The van der Waals surface area contributed by atoms with Crippen LogP contribution >= 0.6 is 11.6 Å². The van der Waals surface area contributed by atoms with Gasteiger partial charge in [-0.15, -0.1) is 0 Å². The van der Waals surface area contributed by atoms with Crippen LogP contribution in [0.5, 0.6) is 5.75 Å². The molecular formula is C36H33ClN8O4. The van der Waals surface area contributed by atoms with Crippen molar-refractivity contribution < 1.29 is 14.6 Å². The second kappa shape index (κ2) is 15.0. The first-order valence-electron chi connectivity index (χ1n) is 15.6. The van der Waals surface area contributed by atoms with Crippen molar-refractivity contribution in [2.24, 2.45) is 0 Å². The van der Waals surface area contributed by atoms with Gasteiger partial charge in [-0.25, -0.2) is 19.6 Å². The zero-order valence-electron chi connectivity index (χ0n) is 26.7. The zero-order valence-corrected chi connectivity index (χ0v) is 27.4. The minimum Gasteiger partial charge on any atom is -0.508 e. The molecule has 0 atom stereocenters. The summed E-state index contributed by atoms with van der Waals surface area (Å²) in [6, 6.07) is 19.4. The second-order valence-electron chi connectivity index (χ2n) is 11.2. The van der Waals surface area contributed by atoms with E-state index in [1.807, 2.05) is 18.2 Å². The number of carbonyl (C=O) groups is 1. The maximum atomic E-state index is 14.4. The fourth-order valence-corrected chi connectivity index (χ4v) is 5.70.